The smallest absolute Gasteiger partial charge is 0.108 e. The van der Waals surface area contributed by atoms with Crippen LogP contribution >= 0.6 is 11.3 Å². The summed E-state index contributed by atoms with van der Waals surface area (Å²) in [6.45, 7) is 2.12. The number of nitrogens with one attached hydrogen (secondary N) is 1. The second-order valence-corrected chi connectivity index (χ2v) is 5.13. The van der Waals surface area contributed by atoms with Gasteiger partial charge in [-0.3, -0.25) is 11.3 Å². The summed E-state index contributed by atoms with van der Waals surface area (Å²) in [6, 6.07) is 2.34. The Morgan fingerprint density at radius 3 is 2.94 bits per heavy atom. The average Bonchev–Trinajstić information content (AvgIpc) is 2.90. The highest BCUT2D eigenvalue weighted by Crippen LogP contribution is 2.26. The quantitative estimate of drug-likeness (QED) is 0.630. The van der Waals surface area contributed by atoms with Crippen LogP contribution in [0.3, 0.4) is 0 Å². The molecule has 3 N–H and O–H groups in total. The third-order valence-corrected chi connectivity index (χ3v) is 4.13. The van der Waals surface area contributed by atoms with Gasteiger partial charge in [0, 0.05) is 30.7 Å². The number of imidazole rings is 1. The molecular formula is C12H18N4S. The van der Waals surface area contributed by atoms with Gasteiger partial charge in [-0.15, -0.1) is 11.3 Å². The van der Waals surface area contributed by atoms with Gasteiger partial charge in [-0.2, -0.15) is 0 Å². The molecule has 0 spiro atoms. The summed E-state index contributed by atoms with van der Waals surface area (Å²) in [6.07, 6.45) is 5.69. The molecule has 0 aromatic carbocycles. The van der Waals surface area contributed by atoms with E-state index in [1.807, 2.05) is 19.4 Å². The van der Waals surface area contributed by atoms with E-state index in [0.717, 1.165) is 18.7 Å². The number of nitrogens with two attached hydrogens (primary N) is 1. The van der Waals surface area contributed by atoms with Crippen LogP contribution in [-0.2, 0) is 13.5 Å². The van der Waals surface area contributed by atoms with E-state index in [2.05, 4.69) is 33.3 Å². The molecule has 17 heavy (non-hydrogen) atoms. The van der Waals surface area contributed by atoms with Gasteiger partial charge in [0.1, 0.15) is 5.82 Å². The fourth-order valence-corrected chi connectivity index (χ4v) is 2.97. The normalized spacial score (nSPS) is 12.9. The average molecular weight is 250 g/mol. The molecule has 5 heteroatoms. The summed E-state index contributed by atoms with van der Waals surface area (Å²) in [5, 5.41) is 2.11. The van der Waals surface area contributed by atoms with Crippen LogP contribution in [0.4, 0.5) is 0 Å². The molecule has 0 radical (unpaired) electrons. The van der Waals surface area contributed by atoms with Crippen molar-refractivity contribution in [3.8, 4) is 0 Å². The molecule has 2 rings (SSSR count). The number of thiophene rings is 1. The SMILES string of the molecule is Cc1ccsc1C(CCc1nccn1C)NN. The Morgan fingerprint density at radius 2 is 2.41 bits per heavy atom. The van der Waals surface area contributed by atoms with Crippen molar-refractivity contribution in [1.82, 2.24) is 15.0 Å². The van der Waals surface area contributed by atoms with Crippen molar-refractivity contribution in [2.75, 3.05) is 0 Å². The molecule has 4 nitrogen and oxygen atoms in total. The van der Waals surface area contributed by atoms with Gasteiger partial charge in [-0.05, 0) is 30.4 Å². The van der Waals surface area contributed by atoms with E-state index in [0.29, 0.717) is 0 Å². The molecule has 0 amide bonds. The van der Waals surface area contributed by atoms with E-state index in [4.69, 9.17) is 5.84 Å². The highest BCUT2D eigenvalue weighted by atomic mass is 32.1. The van der Waals surface area contributed by atoms with E-state index in [-0.39, 0.29) is 6.04 Å². The van der Waals surface area contributed by atoms with Crippen LogP contribution < -0.4 is 11.3 Å². The molecular weight excluding hydrogens is 232 g/mol. The minimum absolute atomic E-state index is 0.215. The Hall–Kier alpha value is -1.17. The lowest BCUT2D eigenvalue weighted by molar-refractivity contribution is 0.512. The van der Waals surface area contributed by atoms with Crippen LogP contribution in [0.15, 0.2) is 23.8 Å². The third-order valence-electron chi connectivity index (χ3n) is 3.00. The minimum atomic E-state index is 0.215. The molecule has 0 saturated carbocycles. The molecule has 2 aromatic heterocycles. The first kappa shape index (κ1) is 12.3. The van der Waals surface area contributed by atoms with Gasteiger partial charge in [-0.1, -0.05) is 0 Å². The zero-order valence-electron chi connectivity index (χ0n) is 10.2. The molecule has 92 valence electrons. The zero-order chi connectivity index (χ0) is 12.3. The Bertz CT molecular complexity index is 474. The minimum Gasteiger partial charge on any atom is -0.338 e. The van der Waals surface area contributed by atoms with E-state index < -0.39 is 0 Å². The summed E-state index contributed by atoms with van der Waals surface area (Å²) in [7, 11) is 2.02. The third kappa shape index (κ3) is 2.74. The first-order chi connectivity index (χ1) is 8.22. The van der Waals surface area contributed by atoms with E-state index in [1.165, 1.54) is 10.4 Å². The number of hydrogen-bond donors (Lipinski definition) is 2. The van der Waals surface area contributed by atoms with Crippen LogP contribution in [-0.4, -0.2) is 9.55 Å². The van der Waals surface area contributed by atoms with Gasteiger partial charge in [0.05, 0.1) is 6.04 Å². The Morgan fingerprint density at radius 1 is 1.59 bits per heavy atom. The molecule has 2 aromatic rings. The summed E-state index contributed by atoms with van der Waals surface area (Å²) in [4.78, 5) is 5.64. The number of aromatic nitrogens is 2. The lowest BCUT2D eigenvalue weighted by Gasteiger charge is -2.15. The second-order valence-electron chi connectivity index (χ2n) is 4.18. The second kappa shape index (κ2) is 5.44. The zero-order valence-corrected chi connectivity index (χ0v) is 11.0. The first-order valence-electron chi connectivity index (χ1n) is 5.68. The van der Waals surface area contributed by atoms with E-state index in [9.17, 15) is 0 Å². The van der Waals surface area contributed by atoms with Gasteiger partial charge in [0.15, 0.2) is 0 Å². The molecule has 0 aliphatic heterocycles. The predicted octanol–water partition coefficient (Wildman–Crippen LogP) is 1.93. The fraction of sp³-hybridized carbons (Fsp3) is 0.417. The van der Waals surface area contributed by atoms with Gasteiger partial charge in [0.2, 0.25) is 0 Å². The molecule has 0 bridgehead atoms. The first-order valence-corrected chi connectivity index (χ1v) is 6.56. The monoisotopic (exact) mass is 250 g/mol. The van der Waals surface area contributed by atoms with Crippen LogP contribution in [0.25, 0.3) is 0 Å². The van der Waals surface area contributed by atoms with Crippen LogP contribution in [0.5, 0.6) is 0 Å². The number of hydrazine groups is 1. The van der Waals surface area contributed by atoms with Gasteiger partial charge in [0.25, 0.3) is 0 Å². The lowest BCUT2D eigenvalue weighted by Crippen LogP contribution is -2.28. The highest BCUT2D eigenvalue weighted by molar-refractivity contribution is 7.10. The van der Waals surface area contributed by atoms with Crippen molar-refractivity contribution in [2.24, 2.45) is 12.9 Å². The Balaban J connectivity index is 2.02. The maximum atomic E-state index is 5.64. The maximum absolute atomic E-state index is 5.64. The maximum Gasteiger partial charge on any atom is 0.108 e. The van der Waals surface area contributed by atoms with E-state index in [1.54, 1.807) is 11.3 Å². The molecule has 0 saturated heterocycles. The Labute approximate surface area is 105 Å². The fourth-order valence-electron chi connectivity index (χ4n) is 1.94. The topological polar surface area (TPSA) is 55.9 Å². The molecule has 1 atom stereocenters. The molecule has 0 aliphatic carbocycles. The van der Waals surface area contributed by atoms with Crippen LogP contribution in [0.2, 0.25) is 0 Å². The van der Waals surface area contributed by atoms with Crippen molar-refractivity contribution in [1.29, 1.82) is 0 Å². The number of aryl methyl sites for hydroxylation is 3. The van der Waals surface area contributed by atoms with Crippen LogP contribution in [0, 0.1) is 6.92 Å². The van der Waals surface area contributed by atoms with Crippen molar-refractivity contribution in [3.63, 3.8) is 0 Å². The largest absolute Gasteiger partial charge is 0.338 e. The van der Waals surface area contributed by atoms with Gasteiger partial charge >= 0.3 is 0 Å². The summed E-state index contributed by atoms with van der Waals surface area (Å²) >= 11 is 1.75. The van der Waals surface area contributed by atoms with Crippen molar-refractivity contribution < 1.29 is 0 Å². The molecule has 2 heterocycles. The van der Waals surface area contributed by atoms with Crippen molar-refractivity contribution in [2.45, 2.75) is 25.8 Å². The Kier molecular flexibility index (Phi) is 3.93. The lowest BCUT2D eigenvalue weighted by atomic mass is 10.1. The number of hydrogen-bond acceptors (Lipinski definition) is 4. The van der Waals surface area contributed by atoms with Gasteiger partial charge < -0.3 is 4.57 Å². The summed E-state index contributed by atoms with van der Waals surface area (Å²) < 4.78 is 2.05. The summed E-state index contributed by atoms with van der Waals surface area (Å²) in [5.41, 5.74) is 4.20. The van der Waals surface area contributed by atoms with Crippen LogP contribution in [0.1, 0.15) is 28.7 Å². The molecule has 0 fully saturated rings. The predicted molar refractivity (Wildman–Crippen MR) is 70.6 cm³/mol. The molecule has 1 unspecified atom stereocenters. The van der Waals surface area contributed by atoms with Gasteiger partial charge in [-0.25, -0.2) is 4.98 Å². The standard InChI is InChI=1S/C12H18N4S/c1-9-5-8-17-12(9)10(15-13)3-4-11-14-6-7-16(11)2/h5-8,10,15H,3-4,13H2,1-2H3. The highest BCUT2D eigenvalue weighted by Gasteiger charge is 2.14. The number of rotatable bonds is 5. The van der Waals surface area contributed by atoms with Crippen molar-refractivity contribution >= 4 is 11.3 Å². The van der Waals surface area contributed by atoms with E-state index >= 15 is 0 Å². The summed E-state index contributed by atoms with van der Waals surface area (Å²) in [5.74, 6) is 6.74. The number of nitrogens with zero attached hydrogens (tertiary/aromatic N) is 2. The molecule has 0 aliphatic rings. The van der Waals surface area contributed by atoms with Crippen molar-refractivity contribution in [3.05, 3.63) is 40.1 Å².